The lowest BCUT2D eigenvalue weighted by atomic mass is 10.1. The molecule has 0 saturated carbocycles. The Balaban J connectivity index is 2.44. The van der Waals surface area contributed by atoms with Crippen LogP contribution in [0.3, 0.4) is 0 Å². The van der Waals surface area contributed by atoms with Crippen LogP contribution in [0.25, 0.3) is 0 Å². The number of carbonyl (C=O) groups is 2. The molecule has 0 bridgehead atoms. The van der Waals surface area contributed by atoms with Gasteiger partial charge in [0, 0.05) is 6.54 Å². The van der Waals surface area contributed by atoms with Gasteiger partial charge in [0.15, 0.2) is 0 Å². The zero-order valence-corrected chi connectivity index (χ0v) is 12.2. The van der Waals surface area contributed by atoms with E-state index in [1.165, 1.54) is 4.90 Å². The molecule has 114 valence electrons. The first-order valence-electron chi connectivity index (χ1n) is 7.03. The number of likely N-dealkylation sites (tertiary alicyclic amines) is 1. The number of aromatic nitrogens is 2. The Morgan fingerprint density at radius 3 is 2.67 bits per heavy atom. The van der Waals surface area contributed by atoms with Gasteiger partial charge in [-0.25, -0.2) is 9.89 Å². The predicted octanol–water partition coefficient (Wildman–Crippen LogP) is 0.856. The Labute approximate surface area is 122 Å². The average Bonchev–Trinajstić information content (AvgIpc) is 2.69. The molecule has 7 heteroatoms. The molecule has 1 atom stereocenters. The van der Waals surface area contributed by atoms with E-state index in [9.17, 15) is 19.5 Å². The molecule has 0 radical (unpaired) electrons. The summed E-state index contributed by atoms with van der Waals surface area (Å²) in [7, 11) is 0. The fourth-order valence-corrected chi connectivity index (χ4v) is 2.63. The fourth-order valence-electron chi connectivity index (χ4n) is 2.63. The van der Waals surface area contributed by atoms with Crippen molar-refractivity contribution >= 4 is 11.9 Å². The van der Waals surface area contributed by atoms with Crippen molar-refractivity contribution in [1.82, 2.24) is 15.1 Å². The van der Waals surface area contributed by atoms with Crippen LogP contribution >= 0.6 is 0 Å². The van der Waals surface area contributed by atoms with Crippen LogP contribution in [-0.4, -0.2) is 44.7 Å². The second kappa shape index (κ2) is 6.07. The Morgan fingerprint density at radius 1 is 1.29 bits per heavy atom. The molecule has 1 aromatic heterocycles. The summed E-state index contributed by atoms with van der Waals surface area (Å²) in [6.45, 7) is 3.70. The number of aryl methyl sites for hydroxylation is 1. The highest BCUT2D eigenvalue weighted by atomic mass is 16.4. The van der Waals surface area contributed by atoms with Gasteiger partial charge in [-0.3, -0.25) is 9.59 Å². The van der Waals surface area contributed by atoms with E-state index in [4.69, 9.17) is 0 Å². The molecule has 1 amide bonds. The number of aromatic amines is 1. The molecular weight excluding hydrogens is 274 g/mol. The van der Waals surface area contributed by atoms with Crippen LogP contribution < -0.4 is 5.56 Å². The largest absolute Gasteiger partial charge is 0.480 e. The van der Waals surface area contributed by atoms with Crippen LogP contribution in [0, 0.1) is 13.8 Å². The molecule has 0 spiro atoms. The van der Waals surface area contributed by atoms with E-state index in [-0.39, 0.29) is 5.56 Å². The number of carboxylic acids is 1. The number of hydrogen-bond donors (Lipinski definition) is 2. The molecule has 2 N–H and O–H groups in total. The van der Waals surface area contributed by atoms with Crippen LogP contribution in [0.5, 0.6) is 0 Å². The van der Waals surface area contributed by atoms with Crippen LogP contribution in [-0.2, 0) is 4.79 Å². The number of aliphatic carboxylic acids is 1. The molecule has 2 heterocycles. The van der Waals surface area contributed by atoms with Gasteiger partial charge in [0.25, 0.3) is 11.5 Å². The van der Waals surface area contributed by atoms with E-state index >= 15 is 0 Å². The molecule has 1 fully saturated rings. The molecule has 0 aromatic carbocycles. The Hall–Kier alpha value is -2.18. The fraction of sp³-hybridized carbons (Fsp3) is 0.571. The van der Waals surface area contributed by atoms with Crippen molar-refractivity contribution in [3.8, 4) is 0 Å². The third kappa shape index (κ3) is 2.96. The zero-order chi connectivity index (χ0) is 15.6. The normalized spacial score (nSPS) is 19.1. The van der Waals surface area contributed by atoms with Crippen LogP contribution in [0.1, 0.15) is 47.3 Å². The predicted molar refractivity (Wildman–Crippen MR) is 75.3 cm³/mol. The van der Waals surface area contributed by atoms with E-state index in [2.05, 4.69) is 10.2 Å². The van der Waals surface area contributed by atoms with E-state index < -0.39 is 23.5 Å². The number of H-pyrrole nitrogens is 1. The molecule has 0 aliphatic carbocycles. The summed E-state index contributed by atoms with van der Waals surface area (Å²) >= 11 is 0. The first kappa shape index (κ1) is 15.2. The third-order valence-corrected chi connectivity index (χ3v) is 3.98. The van der Waals surface area contributed by atoms with Gasteiger partial charge in [-0.2, -0.15) is 5.10 Å². The number of carbonyl (C=O) groups excluding carboxylic acids is 1. The van der Waals surface area contributed by atoms with Crippen molar-refractivity contribution in [2.75, 3.05) is 6.54 Å². The third-order valence-electron chi connectivity index (χ3n) is 3.98. The summed E-state index contributed by atoms with van der Waals surface area (Å²) in [4.78, 5) is 37.3. The van der Waals surface area contributed by atoms with Gasteiger partial charge >= 0.3 is 5.97 Å². The number of nitrogens with zero attached hydrogens (tertiary/aromatic N) is 2. The Morgan fingerprint density at radius 2 is 2.00 bits per heavy atom. The van der Waals surface area contributed by atoms with Gasteiger partial charge < -0.3 is 10.0 Å². The lowest BCUT2D eigenvalue weighted by molar-refractivity contribution is -0.142. The minimum atomic E-state index is -1.02. The maximum atomic E-state index is 12.7. The van der Waals surface area contributed by atoms with Crippen LogP contribution in [0.4, 0.5) is 0 Å². The summed E-state index contributed by atoms with van der Waals surface area (Å²) in [6, 6.07) is -0.868. The summed E-state index contributed by atoms with van der Waals surface area (Å²) in [5.74, 6) is -1.54. The van der Waals surface area contributed by atoms with Gasteiger partial charge in [0.05, 0.1) is 5.69 Å². The number of rotatable bonds is 2. The first-order valence-corrected chi connectivity index (χ1v) is 7.03. The average molecular weight is 293 g/mol. The molecule has 1 unspecified atom stereocenters. The van der Waals surface area contributed by atoms with Crippen molar-refractivity contribution in [3.05, 3.63) is 27.2 Å². The monoisotopic (exact) mass is 293 g/mol. The maximum absolute atomic E-state index is 12.7. The van der Waals surface area contributed by atoms with Gasteiger partial charge in [-0.15, -0.1) is 0 Å². The molecule has 1 aliphatic rings. The molecule has 2 rings (SSSR count). The zero-order valence-electron chi connectivity index (χ0n) is 12.2. The highest BCUT2D eigenvalue weighted by molar-refractivity contribution is 5.97. The van der Waals surface area contributed by atoms with Crippen molar-refractivity contribution in [2.45, 2.75) is 45.6 Å². The van der Waals surface area contributed by atoms with E-state index in [0.29, 0.717) is 24.2 Å². The molecule has 1 aromatic rings. The quantitative estimate of drug-likeness (QED) is 0.841. The van der Waals surface area contributed by atoms with Crippen molar-refractivity contribution in [3.63, 3.8) is 0 Å². The van der Waals surface area contributed by atoms with Crippen LogP contribution in [0.2, 0.25) is 0 Å². The number of amides is 1. The summed E-state index contributed by atoms with van der Waals surface area (Å²) in [5, 5.41) is 15.4. The standard InChI is InChI=1S/C14H19N3O4/c1-8-9(2)15-16-12(18)11(8)13(19)17-7-5-3-4-6-10(17)14(20)21/h10H,3-7H2,1-2H3,(H,16,18)(H,20,21). The molecule has 1 aliphatic heterocycles. The second-order valence-electron chi connectivity index (χ2n) is 5.34. The van der Waals surface area contributed by atoms with Gasteiger partial charge in [-0.1, -0.05) is 12.8 Å². The highest BCUT2D eigenvalue weighted by Gasteiger charge is 2.33. The topological polar surface area (TPSA) is 103 Å². The molecule has 1 saturated heterocycles. The van der Waals surface area contributed by atoms with Crippen molar-refractivity contribution in [1.29, 1.82) is 0 Å². The molecule has 21 heavy (non-hydrogen) atoms. The van der Waals surface area contributed by atoms with Crippen molar-refractivity contribution < 1.29 is 14.7 Å². The van der Waals surface area contributed by atoms with Crippen molar-refractivity contribution in [2.24, 2.45) is 0 Å². The minimum Gasteiger partial charge on any atom is -0.480 e. The van der Waals surface area contributed by atoms with E-state index in [0.717, 1.165) is 19.3 Å². The second-order valence-corrected chi connectivity index (χ2v) is 5.34. The number of carboxylic acid groups (broad SMARTS) is 1. The van der Waals surface area contributed by atoms with Gasteiger partial charge in [0.1, 0.15) is 11.6 Å². The van der Waals surface area contributed by atoms with Crippen LogP contribution in [0.15, 0.2) is 4.79 Å². The highest BCUT2D eigenvalue weighted by Crippen LogP contribution is 2.20. The lowest BCUT2D eigenvalue weighted by Gasteiger charge is -2.27. The van der Waals surface area contributed by atoms with E-state index in [1.807, 2.05) is 0 Å². The molecular formula is C14H19N3O4. The number of hydrogen-bond acceptors (Lipinski definition) is 4. The maximum Gasteiger partial charge on any atom is 0.326 e. The minimum absolute atomic E-state index is 0.00403. The Kier molecular flexibility index (Phi) is 4.40. The summed E-state index contributed by atoms with van der Waals surface area (Å²) in [5.41, 5.74) is 0.476. The smallest absolute Gasteiger partial charge is 0.326 e. The SMILES string of the molecule is Cc1n[nH]c(=O)c(C(=O)N2CCCCCC2C(=O)O)c1C. The lowest BCUT2D eigenvalue weighted by Crippen LogP contribution is -2.46. The first-order chi connectivity index (χ1) is 9.93. The van der Waals surface area contributed by atoms with E-state index in [1.54, 1.807) is 13.8 Å². The van der Waals surface area contributed by atoms with Gasteiger partial charge in [0.2, 0.25) is 0 Å². The molecule has 7 nitrogen and oxygen atoms in total. The Bertz CT molecular complexity index is 623. The summed E-state index contributed by atoms with van der Waals surface area (Å²) < 4.78 is 0. The van der Waals surface area contributed by atoms with Gasteiger partial charge in [-0.05, 0) is 32.3 Å². The summed E-state index contributed by atoms with van der Waals surface area (Å²) in [6.07, 6.45) is 2.82. The number of nitrogens with one attached hydrogen (secondary N) is 1.